The van der Waals surface area contributed by atoms with Gasteiger partial charge in [-0.15, -0.1) is 0 Å². The molecule has 1 aliphatic rings. The van der Waals surface area contributed by atoms with Gasteiger partial charge in [0.2, 0.25) is 0 Å². The molecule has 0 spiro atoms. The van der Waals surface area contributed by atoms with Crippen LogP contribution in [-0.2, 0) is 0 Å². The summed E-state index contributed by atoms with van der Waals surface area (Å²) >= 11 is 6.00. The molecule has 3 rings (SSSR count). The third-order valence-electron chi connectivity index (χ3n) is 3.35. The van der Waals surface area contributed by atoms with Crippen LogP contribution >= 0.6 is 11.6 Å². The molecule has 1 saturated heterocycles. The van der Waals surface area contributed by atoms with Gasteiger partial charge < -0.3 is 15.0 Å². The van der Waals surface area contributed by atoms with E-state index in [1.165, 1.54) is 0 Å². The Labute approximate surface area is 124 Å². The van der Waals surface area contributed by atoms with Gasteiger partial charge in [-0.1, -0.05) is 29.8 Å². The standard InChI is InChI=1S/C16H17ClN2O/c17-13-4-3-5-14(12-13)20-16-7-2-1-6-15(16)19-10-8-18-9-11-19/h1-7,12,18H,8-11H2. The molecule has 104 valence electrons. The normalized spacial score (nSPS) is 15.2. The van der Waals surface area contributed by atoms with E-state index < -0.39 is 0 Å². The van der Waals surface area contributed by atoms with Crippen molar-refractivity contribution in [3.8, 4) is 11.5 Å². The highest BCUT2D eigenvalue weighted by Gasteiger charge is 2.14. The number of halogens is 1. The third-order valence-corrected chi connectivity index (χ3v) is 3.58. The maximum Gasteiger partial charge on any atom is 0.150 e. The number of benzene rings is 2. The molecule has 1 N–H and O–H groups in total. The lowest BCUT2D eigenvalue weighted by Gasteiger charge is -2.30. The van der Waals surface area contributed by atoms with E-state index in [2.05, 4.69) is 16.3 Å². The van der Waals surface area contributed by atoms with E-state index in [1.807, 2.05) is 42.5 Å². The quantitative estimate of drug-likeness (QED) is 0.935. The summed E-state index contributed by atoms with van der Waals surface area (Å²) in [5.41, 5.74) is 1.13. The average Bonchev–Trinajstić information content (AvgIpc) is 2.49. The van der Waals surface area contributed by atoms with E-state index in [1.54, 1.807) is 0 Å². The molecule has 0 aliphatic carbocycles. The monoisotopic (exact) mass is 288 g/mol. The molecule has 2 aromatic carbocycles. The van der Waals surface area contributed by atoms with Gasteiger partial charge in [-0.05, 0) is 30.3 Å². The Morgan fingerprint density at radius 2 is 1.80 bits per heavy atom. The molecule has 0 unspecified atom stereocenters. The van der Waals surface area contributed by atoms with E-state index in [9.17, 15) is 0 Å². The Morgan fingerprint density at radius 3 is 2.60 bits per heavy atom. The SMILES string of the molecule is Clc1cccc(Oc2ccccc2N2CCNCC2)c1. The Morgan fingerprint density at radius 1 is 1.00 bits per heavy atom. The first-order valence-electron chi connectivity index (χ1n) is 6.81. The highest BCUT2D eigenvalue weighted by Crippen LogP contribution is 2.33. The van der Waals surface area contributed by atoms with Crippen LogP contribution in [0.3, 0.4) is 0 Å². The van der Waals surface area contributed by atoms with Gasteiger partial charge >= 0.3 is 0 Å². The molecule has 1 heterocycles. The number of nitrogens with one attached hydrogen (secondary N) is 1. The number of anilines is 1. The van der Waals surface area contributed by atoms with Crippen LogP contribution in [0.5, 0.6) is 11.5 Å². The maximum absolute atomic E-state index is 6.00. The Bertz CT molecular complexity index is 582. The molecule has 0 radical (unpaired) electrons. The van der Waals surface area contributed by atoms with Crippen LogP contribution in [0.2, 0.25) is 5.02 Å². The zero-order chi connectivity index (χ0) is 13.8. The summed E-state index contributed by atoms with van der Waals surface area (Å²) in [5.74, 6) is 1.64. The summed E-state index contributed by atoms with van der Waals surface area (Å²) < 4.78 is 6.00. The summed E-state index contributed by atoms with van der Waals surface area (Å²) in [4.78, 5) is 2.34. The Balaban J connectivity index is 1.85. The average molecular weight is 289 g/mol. The molecule has 20 heavy (non-hydrogen) atoms. The Kier molecular flexibility index (Phi) is 4.09. The number of hydrogen-bond donors (Lipinski definition) is 1. The lowest BCUT2D eigenvalue weighted by Crippen LogP contribution is -2.43. The predicted octanol–water partition coefficient (Wildman–Crippen LogP) is 3.54. The lowest BCUT2D eigenvalue weighted by atomic mass is 10.2. The second-order valence-corrected chi connectivity index (χ2v) is 5.20. The minimum atomic E-state index is 0.683. The molecule has 1 aliphatic heterocycles. The number of nitrogens with zero attached hydrogens (tertiary/aromatic N) is 1. The number of hydrogen-bond acceptors (Lipinski definition) is 3. The van der Waals surface area contributed by atoms with Crippen molar-refractivity contribution in [2.75, 3.05) is 31.1 Å². The van der Waals surface area contributed by atoms with Gasteiger partial charge in [0, 0.05) is 31.2 Å². The predicted molar refractivity (Wildman–Crippen MR) is 83.1 cm³/mol. The van der Waals surface area contributed by atoms with Gasteiger partial charge in [-0.25, -0.2) is 0 Å². The fourth-order valence-corrected chi connectivity index (χ4v) is 2.55. The van der Waals surface area contributed by atoms with Crippen molar-refractivity contribution in [3.63, 3.8) is 0 Å². The summed E-state index contributed by atoms with van der Waals surface area (Å²) in [7, 11) is 0. The molecule has 0 atom stereocenters. The second kappa shape index (κ2) is 6.16. The number of ether oxygens (including phenoxy) is 1. The highest BCUT2D eigenvalue weighted by molar-refractivity contribution is 6.30. The van der Waals surface area contributed by atoms with Crippen molar-refractivity contribution < 1.29 is 4.74 Å². The molecule has 3 nitrogen and oxygen atoms in total. The van der Waals surface area contributed by atoms with Crippen molar-refractivity contribution >= 4 is 17.3 Å². The van der Waals surface area contributed by atoms with Crippen LogP contribution in [0.15, 0.2) is 48.5 Å². The fourth-order valence-electron chi connectivity index (χ4n) is 2.37. The number of para-hydroxylation sites is 2. The van der Waals surface area contributed by atoms with Crippen molar-refractivity contribution in [3.05, 3.63) is 53.6 Å². The maximum atomic E-state index is 6.00. The molecule has 1 fully saturated rings. The summed E-state index contributed by atoms with van der Waals surface area (Å²) in [6.45, 7) is 4.00. The summed E-state index contributed by atoms with van der Waals surface area (Å²) in [6, 6.07) is 15.6. The van der Waals surface area contributed by atoms with Gasteiger partial charge in [0.05, 0.1) is 5.69 Å². The topological polar surface area (TPSA) is 24.5 Å². The first kappa shape index (κ1) is 13.3. The van der Waals surface area contributed by atoms with E-state index in [0.717, 1.165) is 43.4 Å². The fraction of sp³-hybridized carbons (Fsp3) is 0.250. The summed E-state index contributed by atoms with van der Waals surface area (Å²) in [6.07, 6.45) is 0. The summed E-state index contributed by atoms with van der Waals surface area (Å²) in [5, 5.41) is 4.04. The molecule has 4 heteroatoms. The van der Waals surface area contributed by atoms with Crippen LogP contribution in [-0.4, -0.2) is 26.2 Å². The van der Waals surface area contributed by atoms with Gasteiger partial charge in [0.1, 0.15) is 5.75 Å². The van der Waals surface area contributed by atoms with E-state index in [-0.39, 0.29) is 0 Å². The van der Waals surface area contributed by atoms with Crippen LogP contribution in [0, 0.1) is 0 Å². The molecular formula is C16H17ClN2O. The second-order valence-electron chi connectivity index (χ2n) is 4.76. The minimum Gasteiger partial charge on any atom is -0.455 e. The zero-order valence-corrected chi connectivity index (χ0v) is 11.9. The third kappa shape index (κ3) is 3.06. The molecule has 0 amide bonds. The van der Waals surface area contributed by atoms with Gasteiger partial charge in [0.25, 0.3) is 0 Å². The van der Waals surface area contributed by atoms with Crippen molar-refractivity contribution in [2.45, 2.75) is 0 Å². The van der Waals surface area contributed by atoms with Gasteiger partial charge in [0.15, 0.2) is 5.75 Å². The molecular weight excluding hydrogens is 272 g/mol. The van der Waals surface area contributed by atoms with Gasteiger partial charge in [-0.2, -0.15) is 0 Å². The van der Waals surface area contributed by atoms with E-state index in [0.29, 0.717) is 5.02 Å². The van der Waals surface area contributed by atoms with Crippen LogP contribution < -0.4 is 15.0 Å². The molecule has 0 saturated carbocycles. The van der Waals surface area contributed by atoms with Gasteiger partial charge in [-0.3, -0.25) is 0 Å². The highest BCUT2D eigenvalue weighted by atomic mass is 35.5. The first-order chi connectivity index (χ1) is 9.83. The van der Waals surface area contributed by atoms with Crippen LogP contribution in [0.25, 0.3) is 0 Å². The van der Waals surface area contributed by atoms with E-state index >= 15 is 0 Å². The molecule has 0 bridgehead atoms. The molecule has 0 aromatic heterocycles. The zero-order valence-electron chi connectivity index (χ0n) is 11.2. The number of rotatable bonds is 3. The van der Waals surface area contributed by atoms with E-state index in [4.69, 9.17) is 16.3 Å². The largest absolute Gasteiger partial charge is 0.455 e. The number of piperazine rings is 1. The molecule has 2 aromatic rings. The van der Waals surface area contributed by atoms with Crippen LogP contribution in [0.4, 0.5) is 5.69 Å². The van der Waals surface area contributed by atoms with Crippen molar-refractivity contribution in [2.24, 2.45) is 0 Å². The van der Waals surface area contributed by atoms with Crippen molar-refractivity contribution in [1.82, 2.24) is 5.32 Å². The first-order valence-corrected chi connectivity index (χ1v) is 7.19. The van der Waals surface area contributed by atoms with Crippen molar-refractivity contribution in [1.29, 1.82) is 0 Å². The Hall–Kier alpha value is -1.71. The lowest BCUT2D eigenvalue weighted by molar-refractivity contribution is 0.478. The minimum absolute atomic E-state index is 0.683. The smallest absolute Gasteiger partial charge is 0.150 e. The van der Waals surface area contributed by atoms with Crippen LogP contribution in [0.1, 0.15) is 0 Å².